The molecule has 0 atom stereocenters. The van der Waals surface area contributed by atoms with E-state index >= 15 is 0 Å². The number of halogens is 1. The number of para-hydroxylation sites is 2. The van der Waals surface area contributed by atoms with E-state index < -0.39 is 18.5 Å². The lowest BCUT2D eigenvalue weighted by atomic mass is 10.2. The summed E-state index contributed by atoms with van der Waals surface area (Å²) in [6, 6.07) is 14.8. The van der Waals surface area contributed by atoms with Gasteiger partial charge in [-0.1, -0.05) is 41.9 Å². The van der Waals surface area contributed by atoms with E-state index in [1.165, 1.54) is 17.4 Å². The van der Waals surface area contributed by atoms with Crippen molar-refractivity contribution >= 4 is 68.3 Å². The maximum Gasteiger partial charge on any atom is 0.331 e. The highest BCUT2D eigenvalue weighted by Crippen LogP contribution is 2.36. The predicted molar refractivity (Wildman–Crippen MR) is 123 cm³/mol. The lowest BCUT2D eigenvalue weighted by Gasteiger charge is -2.19. The van der Waals surface area contributed by atoms with Crippen molar-refractivity contribution in [2.75, 3.05) is 23.4 Å². The molecule has 0 aliphatic carbocycles. The van der Waals surface area contributed by atoms with E-state index in [0.29, 0.717) is 29.4 Å². The van der Waals surface area contributed by atoms with Crippen molar-refractivity contribution in [2.45, 2.75) is 12.8 Å². The number of amides is 2. The lowest BCUT2D eigenvalue weighted by molar-refractivity contribution is -0.142. The lowest BCUT2D eigenvalue weighted by Crippen LogP contribution is -2.26. The molecule has 4 rings (SSSR count). The minimum atomic E-state index is -0.647. The Bertz CT molecular complexity index is 1190. The predicted octanol–water partition coefficient (Wildman–Crippen LogP) is 4.88. The molecule has 31 heavy (non-hydrogen) atoms. The van der Waals surface area contributed by atoms with E-state index in [4.69, 9.17) is 16.3 Å². The number of rotatable bonds is 6. The molecule has 3 aromatic rings. The number of carbonyl (C=O) groups is 3. The first-order chi connectivity index (χ1) is 15.0. The van der Waals surface area contributed by atoms with Crippen molar-refractivity contribution < 1.29 is 19.1 Å². The number of nitrogens with zero attached hydrogens (tertiary/aromatic N) is 1. The summed E-state index contributed by atoms with van der Waals surface area (Å²) in [4.78, 5) is 38.7. The van der Waals surface area contributed by atoms with Gasteiger partial charge in [-0.3, -0.25) is 9.59 Å². The van der Waals surface area contributed by atoms with Gasteiger partial charge in [0.15, 0.2) is 6.61 Å². The van der Waals surface area contributed by atoms with Crippen LogP contribution in [-0.2, 0) is 19.1 Å². The van der Waals surface area contributed by atoms with Crippen molar-refractivity contribution in [3.05, 3.63) is 64.5 Å². The molecule has 1 aliphatic heterocycles. The summed E-state index contributed by atoms with van der Waals surface area (Å²) < 4.78 is 6.06. The highest BCUT2D eigenvalue weighted by molar-refractivity contribution is 7.20. The quantitative estimate of drug-likeness (QED) is 0.425. The molecule has 2 amide bonds. The second-order valence-electron chi connectivity index (χ2n) is 6.93. The van der Waals surface area contributed by atoms with Crippen molar-refractivity contribution in [1.82, 2.24) is 0 Å². The first-order valence-electron chi connectivity index (χ1n) is 9.74. The molecular weight excluding hydrogens is 436 g/mol. The molecule has 1 aliphatic rings. The van der Waals surface area contributed by atoms with Crippen LogP contribution in [0.4, 0.5) is 11.4 Å². The Balaban J connectivity index is 1.35. The van der Waals surface area contributed by atoms with Crippen LogP contribution < -0.4 is 10.2 Å². The Morgan fingerprint density at radius 1 is 1.16 bits per heavy atom. The van der Waals surface area contributed by atoms with Gasteiger partial charge in [-0.05, 0) is 30.7 Å². The molecule has 0 spiro atoms. The fourth-order valence-corrected chi connectivity index (χ4v) is 4.77. The summed E-state index contributed by atoms with van der Waals surface area (Å²) in [6.45, 7) is 0.178. The van der Waals surface area contributed by atoms with Gasteiger partial charge in [0, 0.05) is 34.0 Å². The van der Waals surface area contributed by atoms with Crippen LogP contribution >= 0.6 is 22.9 Å². The van der Waals surface area contributed by atoms with Crippen molar-refractivity contribution in [3.8, 4) is 0 Å². The Labute approximate surface area is 188 Å². The molecule has 1 N–H and O–H groups in total. The number of esters is 1. The van der Waals surface area contributed by atoms with Crippen LogP contribution in [0.3, 0.4) is 0 Å². The molecule has 6 nitrogen and oxygen atoms in total. The Morgan fingerprint density at radius 2 is 1.94 bits per heavy atom. The average molecular weight is 455 g/mol. The number of hydrogen-bond acceptors (Lipinski definition) is 5. The third kappa shape index (κ3) is 4.78. The molecule has 1 saturated heterocycles. The van der Waals surface area contributed by atoms with E-state index in [2.05, 4.69) is 5.32 Å². The Kier molecular flexibility index (Phi) is 6.34. The summed E-state index contributed by atoms with van der Waals surface area (Å²) >= 11 is 7.82. The zero-order valence-electron chi connectivity index (χ0n) is 16.5. The summed E-state index contributed by atoms with van der Waals surface area (Å²) in [5.41, 5.74) is 1.15. The van der Waals surface area contributed by atoms with E-state index in [9.17, 15) is 14.4 Å². The summed E-state index contributed by atoms with van der Waals surface area (Å²) in [5.74, 6) is -1.11. The van der Waals surface area contributed by atoms with Crippen LogP contribution in [0.25, 0.3) is 16.2 Å². The van der Waals surface area contributed by atoms with Crippen LogP contribution in [0, 0.1) is 0 Å². The molecule has 0 radical (unpaired) electrons. The number of thiophene rings is 1. The van der Waals surface area contributed by atoms with E-state index in [1.54, 1.807) is 35.2 Å². The number of fused-ring (bicyclic) bond motifs is 1. The number of anilines is 2. The molecule has 0 bridgehead atoms. The summed E-state index contributed by atoms with van der Waals surface area (Å²) in [7, 11) is 0. The summed E-state index contributed by atoms with van der Waals surface area (Å²) in [6.07, 6.45) is 4.12. The molecule has 1 aromatic heterocycles. The first-order valence-corrected chi connectivity index (χ1v) is 10.9. The number of carbonyl (C=O) groups excluding carboxylic acids is 3. The second-order valence-corrected chi connectivity index (χ2v) is 8.39. The maximum absolute atomic E-state index is 12.3. The van der Waals surface area contributed by atoms with Crippen molar-refractivity contribution in [2.24, 2.45) is 0 Å². The largest absolute Gasteiger partial charge is 0.452 e. The number of hydrogen-bond donors (Lipinski definition) is 1. The molecule has 0 unspecified atom stereocenters. The van der Waals surface area contributed by atoms with Gasteiger partial charge in [0.25, 0.3) is 5.91 Å². The van der Waals surface area contributed by atoms with Gasteiger partial charge in [0.05, 0.1) is 16.4 Å². The fraction of sp³-hybridized carbons (Fsp3) is 0.174. The van der Waals surface area contributed by atoms with Gasteiger partial charge in [-0.25, -0.2) is 4.79 Å². The topological polar surface area (TPSA) is 75.7 Å². The van der Waals surface area contributed by atoms with Gasteiger partial charge >= 0.3 is 5.97 Å². The fourth-order valence-electron chi connectivity index (χ4n) is 3.37. The maximum atomic E-state index is 12.3. The van der Waals surface area contributed by atoms with E-state index in [1.807, 2.05) is 24.3 Å². The van der Waals surface area contributed by atoms with E-state index in [-0.39, 0.29) is 5.91 Å². The van der Waals surface area contributed by atoms with Gasteiger partial charge in [-0.15, -0.1) is 11.3 Å². The molecule has 158 valence electrons. The molecule has 1 fully saturated rings. The van der Waals surface area contributed by atoms with Gasteiger partial charge < -0.3 is 15.0 Å². The molecule has 0 saturated carbocycles. The van der Waals surface area contributed by atoms with Crippen LogP contribution in [0.5, 0.6) is 0 Å². The normalized spacial score (nSPS) is 13.8. The monoisotopic (exact) mass is 454 g/mol. The van der Waals surface area contributed by atoms with Crippen LogP contribution in [0.15, 0.2) is 54.6 Å². The number of ether oxygens (including phenoxy) is 1. The Morgan fingerprint density at radius 3 is 2.71 bits per heavy atom. The zero-order chi connectivity index (χ0) is 21.8. The molecule has 2 heterocycles. The van der Waals surface area contributed by atoms with Crippen LogP contribution in [-0.4, -0.2) is 30.9 Å². The van der Waals surface area contributed by atoms with Crippen LogP contribution in [0.1, 0.15) is 17.7 Å². The highest BCUT2D eigenvalue weighted by atomic mass is 35.5. The average Bonchev–Trinajstić information content (AvgIpc) is 3.34. The third-order valence-corrected chi connectivity index (χ3v) is 6.47. The third-order valence-electron chi connectivity index (χ3n) is 4.82. The van der Waals surface area contributed by atoms with Gasteiger partial charge in [0.1, 0.15) is 0 Å². The van der Waals surface area contributed by atoms with Crippen molar-refractivity contribution in [1.29, 1.82) is 0 Å². The SMILES string of the molecule is O=C(COC(=O)/C=C/c1sc2ccccc2c1Cl)Nc1ccccc1N1CCCC1=O. The van der Waals surface area contributed by atoms with Crippen LogP contribution in [0.2, 0.25) is 5.02 Å². The molecular formula is C23H19ClN2O4S. The first kappa shape index (κ1) is 21.1. The van der Waals surface area contributed by atoms with Gasteiger partial charge in [-0.2, -0.15) is 0 Å². The van der Waals surface area contributed by atoms with Crippen molar-refractivity contribution in [3.63, 3.8) is 0 Å². The highest BCUT2D eigenvalue weighted by Gasteiger charge is 2.24. The molecule has 2 aromatic carbocycles. The smallest absolute Gasteiger partial charge is 0.331 e. The van der Waals surface area contributed by atoms with E-state index in [0.717, 1.165) is 21.4 Å². The second kappa shape index (κ2) is 9.32. The van der Waals surface area contributed by atoms with Gasteiger partial charge in [0.2, 0.25) is 5.91 Å². The number of benzene rings is 2. The zero-order valence-corrected chi connectivity index (χ0v) is 18.0. The Hall–Kier alpha value is -3.16. The molecule has 8 heteroatoms. The minimum absolute atomic E-state index is 0.0261. The summed E-state index contributed by atoms with van der Waals surface area (Å²) in [5, 5.41) is 4.22. The number of nitrogens with one attached hydrogen (secondary N) is 1. The minimum Gasteiger partial charge on any atom is -0.452 e. The standard InChI is InChI=1S/C23H19ClN2O4S/c24-23-15-6-1-4-9-18(15)31-19(23)11-12-22(29)30-14-20(27)25-16-7-2-3-8-17(16)26-13-5-10-21(26)28/h1-4,6-9,11-12H,5,10,13-14H2,(H,25,27)/b12-11+.